The van der Waals surface area contributed by atoms with Crippen LogP contribution in [-0.2, 0) is 10.1 Å². The third kappa shape index (κ3) is 3.72. The van der Waals surface area contributed by atoms with Crippen molar-refractivity contribution in [1.82, 2.24) is 0 Å². The standard InChI is InChI=1S/C15H13NO6S/c1-2-14(17)13-5-3-4-6-15(13)22-23(20,21)12-9-7-11(8-10-12)16(18)19/h3-10H,2H2,1H3. The Hall–Kier alpha value is -2.74. The largest absolute Gasteiger partial charge is 0.378 e. The Morgan fingerprint density at radius 2 is 1.74 bits per heavy atom. The summed E-state index contributed by atoms with van der Waals surface area (Å²) in [5.41, 5.74) is -0.0639. The fourth-order valence-corrected chi connectivity index (χ4v) is 2.81. The third-order valence-electron chi connectivity index (χ3n) is 3.04. The lowest BCUT2D eigenvalue weighted by molar-refractivity contribution is -0.384. The monoisotopic (exact) mass is 335 g/mol. The first kappa shape index (κ1) is 16.6. The molecule has 0 bridgehead atoms. The topological polar surface area (TPSA) is 104 Å². The highest BCUT2D eigenvalue weighted by atomic mass is 32.2. The minimum atomic E-state index is -4.19. The first-order valence-electron chi connectivity index (χ1n) is 6.66. The molecule has 0 radical (unpaired) electrons. The predicted molar refractivity (Wildman–Crippen MR) is 82.0 cm³/mol. The summed E-state index contributed by atoms with van der Waals surface area (Å²) in [5.74, 6) is -0.322. The summed E-state index contributed by atoms with van der Waals surface area (Å²) < 4.78 is 29.5. The number of nitro benzene ring substituents is 1. The zero-order valence-corrected chi connectivity index (χ0v) is 12.9. The van der Waals surface area contributed by atoms with Crippen LogP contribution in [0.15, 0.2) is 53.4 Å². The molecule has 120 valence electrons. The van der Waals surface area contributed by atoms with Crippen molar-refractivity contribution in [2.24, 2.45) is 0 Å². The molecule has 0 aromatic heterocycles. The normalized spacial score (nSPS) is 11.0. The van der Waals surface area contributed by atoms with Crippen molar-refractivity contribution in [3.63, 3.8) is 0 Å². The average molecular weight is 335 g/mol. The molecule has 0 aliphatic heterocycles. The van der Waals surface area contributed by atoms with Crippen LogP contribution < -0.4 is 4.18 Å². The maximum absolute atomic E-state index is 12.2. The summed E-state index contributed by atoms with van der Waals surface area (Å²) in [6, 6.07) is 10.3. The number of nitro groups is 1. The lowest BCUT2D eigenvalue weighted by atomic mass is 10.1. The Kier molecular flexibility index (Phi) is 4.75. The maximum atomic E-state index is 12.2. The second kappa shape index (κ2) is 6.57. The van der Waals surface area contributed by atoms with E-state index < -0.39 is 15.0 Å². The van der Waals surface area contributed by atoms with E-state index >= 15 is 0 Å². The van der Waals surface area contributed by atoms with Crippen LogP contribution in [-0.4, -0.2) is 19.1 Å². The summed E-state index contributed by atoms with van der Waals surface area (Å²) in [5, 5.41) is 10.6. The van der Waals surface area contributed by atoms with Crippen molar-refractivity contribution >= 4 is 21.6 Å². The van der Waals surface area contributed by atoms with Crippen LogP contribution in [0.25, 0.3) is 0 Å². The van der Waals surface area contributed by atoms with Gasteiger partial charge >= 0.3 is 10.1 Å². The van der Waals surface area contributed by atoms with Crippen LogP contribution in [0.5, 0.6) is 5.75 Å². The molecular weight excluding hydrogens is 322 g/mol. The van der Waals surface area contributed by atoms with Gasteiger partial charge in [-0.2, -0.15) is 8.42 Å². The SMILES string of the molecule is CCC(=O)c1ccccc1OS(=O)(=O)c1ccc([N+](=O)[O-])cc1. The highest BCUT2D eigenvalue weighted by Crippen LogP contribution is 2.25. The number of Topliss-reactive ketones (excluding diaryl/α,β-unsaturated/α-hetero) is 1. The first-order chi connectivity index (χ1) is 10.8. The fraction of sp³-hybridized carbons (Fsp3) is 0.133. The van der Waals surface area contributed by atoms with Crippen LogP contribution in [0.1, 0.15) is 23.7 Å². The van der Waals surface area contributed by atoms with Gasteiger partial charge in [0, 0.05) is 18.6 Å². The summed E-state index contributed by atoms with van der Waals surface area (Å²) in [6.45, 7) is 1.66. The molecule has 0 fully saturated rings. The second-order valence-corrected chi connectivity index (χ2v) is 6.11. The van der Waals surface area contributed by atoms with Gasteiger partial charge in [-0.05, 0) is 24.3 Å². The highest BCUT2D eigenvalue weighted by molar-refractivity contribution is 7.87. The zero-order valence-electron chi connectivity index (χ0n) is 12.1. The molecule has 2 aromatic carbocycles. The zero-order chi connectivity index (χ0) is 17.0. The van der Waals surface area contributed by atoms with Gasteiger partial charge in [0.25, 0.3) is 5.69 Å². The van der Waals surface area contributed by atoms with E-state index in [-0.39, 0.29) is 34.1 Å². The Bertz CT molecular complexity index is 843. The van der Waals surface area contributed by atoms with Crippen molar-refractivity contribution in [3.05, 3.63) is 64.2 Å². The molecule has 0 heterocycles. The summed E-state index contributed by atoms with van der Waals surface area (Å²) in [4.78, 5) is 21.6. The lowest BCUT2D eigenvalue weighted by Gasteiger charge is -2.10. The van der Waals surface area contributed by atoms with Gasteiger partial charge in [-0.25, -0.2) is 0 Å². The van der Waals surface area contributed by atoms with Crippen molar-refractivity contribution in [2.45, 2.75) is 18.2 Å². The predicted octanol–water partition coefficient (Wildman–Crippen LogP) is 2.96. The molecule has 8 heteroatoms. The van der Waals surface area contributed by atoms with Crippen LogP contribution >= 0.6 is 0 Å². The lowest BCUT2D eigenvalue weighted by Crippen LogP contribution is -2.12. The molecule has 0 unspecified atom stereocenters. The maximum Gasteiger partial charge on any atom is 0.339 e. The number of carbonyl (C=O) groups excluding carboxylic acids is 1. The van der Waals surface area contributed by atoms with E-state index in [1.165, 1.54) is 12.1 Å². The molecule has 2 rings (SSSR count). The van der Waals surface area contributed by atoms with Gasteiger partial charge < -0.3 is 4.18 Å². The van der Waals surface area contributed by atoms with Gasteiger partial charge in [0.05, 0.1) is 10.5 Å². The number of hydrogen-bond donors (Lipinski definition) is 0. The van der Waals surface area contributed by atoms with E-state index in [0.717, 1.165) is 24.3 Å². The smallest absolute Gasteiger partial charge is 0.339 e. The number of benzene rings is 2. The van der Waals surface area contributed by atoms with E-state index in [0.29, 0.717) is 0 Å². The number of ketones is 1. The molecule has 0 spiro atoms. The van der Waals surface area contributed by atoms with Gasteiger partial charge in [0.2, 0.25) is 0 Å². The van der Waals surface area contributed by atoms with Crippen molar-refractivity contribution in [2.75, 3.05) is 0 Å². The van der Waals surface area contributed by atoms with Crippen LogP contribution in [0.2, 0.25) is 0 Å². The fourth-order valence-electron chi connectivity index (χ4n) is 1.86. The molecule has 7 nitrogen and oxygen atoms in total. The van der Waals surface area contributed by atoms with Gasteiger partial charge in [0.15, 0.2) is 11.5 Å². The van der Waals surface area contributed by atoms with Crippen molar-refractivity contribution in [1.29, 1.82) is 0 Å². The highest BCUT2D eigenvalue weighted by Gasteiger charge is 2.21. The number of hydrogen-bond acceptors (Lipinski definition) is 6. The molecule has 2 aromatic rings. The minimum absolute atomic E-state index is 0.0716. The summed E-state index contributed by atoms with van der Waals surface area (Å²) >= 11 is 0. The molecule has 23 heavy (non-hydrogen) atoms. The quantitative estimate of drug-likeness (QED) is 0.348. The average Bonchev–Trinajstić information content (AvgIpc) is 2.54. The molecule has 0 aliphatic rings. The summed E-state index contributed by atoms with van der Waals surface area (Å²) in [7, 11) is -4.19. The number of nitrogens with zero attached hydrogens (tertiary/aromatic N) is 1. The number of para-hydroxylation sites is 1. The number of non-ortho nitro benzene ring substituents is 1. The third-order valence-corrected chi connectivity index (χ3v) is 4.29. The molecular formula is C15H13NO6S. The van der Waals surface area contributed by atoms with Crippen LogP contribution in [0, 0.1) is 10.1 Å². The molecule has 0 atom stereocenters. The minimum Gasteiger partial charge on any atom is -0.378 e. The van der Waals surface area contributed by atoms with E-state index in [9.17, 15) is 23.3 Å². The molecule has 0 N–H and O–H groups in total. The van der Waals surface area contributed by atoms with E-state index in [4.69, 9.17) is 4.18 Å². The van der Waals surface area contributed by atoms with E-state index in [1.54, 1.807) is 19.1 Å². The summed E-state index contributed by atoms with van der Waals surface area (Å²) in [6.07, 6.45) is 0.206. The van der Waals surface area contributed by atoms with Gasteiger partial charge in [-0.15, -0.1) is 0 Å². The molecule has 0 saturated heterocycles. The Morgan fingerprint density at radius 3 is 2.30 bits per heavy atom. The number of carbonyl (C=O) groups is 1. The Labute approximate surface area is 132 Å². The van der Waals surface area contributed by atoms with Gasteiger partial charge in [-0.1, -0.05) is 19.1 Å². The van der Waals surface area contributed by atoms with E-state index in [2.05, 4.69) is 0 Å². The Morgan fingerprint density at radius 1 is 1.13 bits per heavy atom. The Balaban J connectivity index is 2.35. The molecule has 0 amide bonds. The van der Waals surface area contributed by atoms with Gasteiger partial charge in [-0.3, -0.25) is 14.9 Å². The molecule has 0 saturated carbocycles. The van der Waals surface area contributed by atoms with Gasteiger partial charge in [0.1, 0.15) is 4.90 Å². The van der Waals surface area contributed by atoms with Crippen LogP contribution in [0.3, 0.4) is 0 Å². The van der Waals surface area contributed by atoms with Crippen molar-refractivity contribution in [3.8, 4) is 5.75 Å². The van der Waals surface area contributed by atoms with Crippen molar-refractivity contribution < 1.29 is 22.3 Å². The molecule has 0 aliphatic carbocycles. The number of rotatable bonds is 6. The first-order valence-corrected chi connectivity index (χ1v) is 8.07. The van der Waals surface area contributed by atoms with E-state index in [1.807, 2.05) is 0 Å². The second-order valence-electron chi connectivity index (χ2n) is 4.56. The van der Waals surface area contributed by atoms with Crippen LogP contribution in [0.4, 0.5) is 5.69 Å².